The quantitative estimate of drug-likeness (QED) is 0.721. The summed E-state index contributed by atoms with van der Waals surface area (Å²) in [4.78, 5) is 10.8. The summed E-state index contributed by atoms with van der Waals surface area (Å²) in [7, 11) is 0. The van der Waals surface area contributed by atoms with Gasteiger partial charge in [-0.1, -0.05) is 24.3 Å². The summed E-state index contributed by atoms with van der Waals surface area (Å²) in [5.41, 5.74) is 1.64. The number of aliphatic hydroxyl groups is 1. The third-order valence-corrected chi connectivity index (χ3v) is 1.87. The first kappa shape index (κ1) is 8.94. The maximum atomic E-state index is 10.8. The van der Waals surface area contributed by atoms with Gasteiger partial charge in [0, 0.05) is 0 Å². The van der Waals surface area contributed by atoms with Crippen LogP contribution in [-0.4, -0.2) is 10.9 Å². The minimum atomic E-state index is -0.966. The van der Waals surface area contributed by atoms with Crippen molar-refractivity contribution < 1.29 is 9.90 Å². The van der Waals surface area contributed by atoms with E-state index in [0.717, 1.165) is 5.56 Å². The van der Waals surface area contributed by atoms with Crippen LogP contribution in [0.5, 0.6) is 0 Å². The van der Waals surface area contributed by atoms with E-state index in [1.165, 1.54) is 6.92 Å². The Morgan fingerprint density at radius 3 is 2.50 bits per heavy atom. The molecule has 2 heteroatoms. The van der Waals surface area contributed by atoms with E-state index in [4.69, 9.17) is 0 Å². The maximum absolute atomic E-state index is 10.8. The van der Waals surface area contributed by atoms with Crippen LogP contribution in [0.2, 0.25) is 0 Å². The van der Waals surface area contributed by atoms with Gasteiger partial charge in [0.2, 0.25) is 0 Å². The Hall–Kier alpha value is -1.15. The van der Waals surface area contributed by atoms with Crippen molar-refractivity contribution in [1.29, 1.82) is 0 Å². The molecule has 0 radical (unpaired) electrons. The molecule has 1 aromatic rings. The molecule has 0 heterocycles. The number of carbonyl (C=O) groups excluding carboxylic acids is 1. The van der Waals surface area contributed by atoms with Gasteiger partial charge >= 0.3 is 0 Å². The summed E-state index contributed by atoms with van der Waals surface area (Å²) in [5, 5.41) is 9.43. The zero-order valence-corrected chi connectivity index (χ0v) is 7.24. The molecule has 0 fully saturated rings. The number of aliphatic hydroxyl groups excluding tert-OH is 1. The smallest absolute Gasteiger partial charge is 0.162 e. The molecule has 2 nitrogen and oxygen atoms in total. The topological polar surface area (TPSA) is 37.3 Å². The molecule has 0 bridgehead atoms. The molecule has 0 amide bonds. The molecule has 0 aliphatic heterocycles. The Balaban J connectivity index is 3.02. The molecule has 0 saturated heterocycles. The van der Waals surface area contributed by atoms with Crippen LogP contribution in [0.15, 0.2) is 24.3 Å². The summed E-state index contributed by atoms with van der Waals surface area (Å²) >= 11 is 0. The zero-order valence-electron chi connectivity index (χ0n) is 7.24. The number of ketones is 1. The lowest BCUT2D eigenvalue weighted by molar-refractivity contribution is -0.125. The zero-order chi connectivity index (χ0) is 9.14. The lowest BCUT2D eigenvalue weighted by Gasteiger charge is -2.09. The number of aryl methyl sites for hydroxylation is 1. The van der Waals surface area contributed by atoms with Crippen molar-refractivity contribution in [2.24, 2.45) is 0 Å². The molecular formula is C10H12O2. The molecule has 0 saturated carbocycles. The van der Waals surface area contributed by atoms with Crippen LogP contribution in [0.3, 0.4) is 0 Å². The molecule has 1 atom stereocenters. The first-order valence-corrected chi connectivity index (χ1v) is 3.87. The van der Waals surface area contributed by atoms with Gasteiger partial charge in [-0.05, 0) is 25.0 Å². The maximum Gasteiger partial charge on any atom is 0.162 e. The molecule has 0 aromatic heterocycles. The number of benzene rings is 1. The van der Waals surface area contributed by atoms with Crippen molar-refractivity contribution in [3.8, 4) is 0 Å². The average molecular weight is 164 g/mol. The van der Waals surface area contributed by atoms with Crippen molar-refractivity contribution in [1.82, 2.24) is 0 Å². The average Bonchev–Trinajstić information content (AvgIpc) is 2.04. The third kappa shape index (κ3) is 1.71. The van der Waals surface area contributed by atoms with E-state index < -0.39 is 6.10 Å². The summed E-state index contributed by atoms with van der Waals surface area (Å²) in [6, 6.07) is 7.34. The van der Waals surface area contributed by atoms with Crippen LogP contribution in [0, 0.1) is 6.92 Å². The Morgan fingerprint density at radius 2 is 2.00 bits per heavy atom. The van der Waals surface area contributed by atoms with E-state index in [1.54, 1.807) is 6.07 Å². The molecule has 0 aliphatic carbocycles. The van der Waals surface area contributed by atoms with Gasteiger partial charge in [-0.2, -0.15) is 0 Å². The lowest BCUT2D eigenvalue weighted by Crippen LogP contribution is -2.08. The van der Waals surface area contributed by atoms with Gasteiger partial charge in [-0.15, -0.1) is 0 Å². The third-order valence-electron chi connectivity index (χ3n) is 1.87. The predicted octanol–water partition coefficient (Wildman–Crippen LogP) is 1.62. The number of Topliss-reactive ketones (excluding diaryl/α,β-unsaturated/α-hetero) is 1. The normalized spacial score (nSPS) is 12.6. The number of carbonyl (C=O) groups is 1. The monoisotopic (exact) mass is 164 g/mol. The molecule has 0 unspecified atom stereocenters. The predicted molar refractivity (Wildman–Crippen MR) is 46.8 cm³/mol. The van der Waals surface area contributed by atoms with E-state index in [-0.39, 0.29) is 5.78 Å². The molecule has 0 spiro atoms. The Bertz CT molecular complexity index is 292. The molecule has 1 aromatic carbocycles. The van der Waals surface area contributed by atoms with E-state index >= 15 is 0 Å². The second-order valence-corrected chi connectivity index (χ2v) is 2.87. The fourth-order valence-corrected chi connectivity index (χ4v) is 1.11. The van der Waals surface area contributed by atoms with Crippen molar-refractivity contribution in [2.45, 2.75) is 20.0 Å². The minimum Gasteiger partial charge on any atom is -0.381 e. The molecule has 1 N–H and O–H groups in total. The minimum absolute atomic E-state index is 0.218. The summed E-state index contributed by atoms with van der Waals surface area (Å²) in [5.74, 6) is -0.218. The van der Waals surface area contributed by atoms with Crippen LogP contribution in [0.1, 0.15) is 24.2 Å². The van der Waals surface area contributed by atoms with Gasteiger partial charge in [-0.25, -0.2) is 0 Å². The molecule has 12 heavy (non-hydrogen) atoms. The van der Waals surface area contributed by atoms with Crippen molar-refractivity contribution in [3.63, 3.8) is 0 Å². The first-order valence-electron chi connectivity index (χ1n) is 3.87. The highest BCUT2D eigenvalue weighted by Crippen LogP contribution is 2.17. The Labute approximate surface area is 71.8 Å². The molecule has 64 valence electrons. The molecular weight excluding hydrogens is 152 g/mol. The second-order valence-electron chi connectivity index (χ2n) is 2.87. The molecule has 0 aliphatic rings. The highest BCUT2D eigenvalue weighted by Gasteiger charge is 2.13. The van der Waals surface area contributed by atoms with Crippen molar-refractivity contribution in [3.05, 3.63) is 35.4 Å². The lowest BCUT2D eigenvalue weighted by atomic mass is 10.0. The van der Waals surface area contributed by atoms with Crippen LogP contribution >= 0.6 is 0 Å². The number of rotatable bonds is 2. The second kappa shape index (κ2) is 3.50. The van der Waals surface area contributed by atoms with E-state index in [9.17, 15) is 9.90 Å². The van der Waals surface area contributed by atoms with Crippen LogP contribution in [0.4, 0.5) is 0 Å². The van der Waals surface area contributed by atoms with Gasteiger partial charge in [0.1, 0.15) is 6.10 Å². The Morgan fingerprint density at radius 1 is 1.42 bits per heavy atom. The van der Waals surface area contributed by atoms with E-state index in [2.05, 4.69) is 0 Å². The number of hydrogen-bond donors (Lipinski definition) is 1. The summed E-state index contributed by atoms with van der Waals surface area (Å²) in [6.45, 7) is 3.26. The summed E-state index contributed by atoms with van der Waals surface area (Å²) in [6.07, 6.45) is -0.966. The van der Waals surface area contributed by atoms with Gasteiger partial charge in [0.05, 0.1) is 0 Å². The fraction of sp³-hybridized carbons (Fsp3) is 0.300. The summed E-state index contributed by atoms with van der Waals surface area (Å²) < 4.78 is 0. The largest absolute Gasteiger partial charge is 0.381 e. The highest BCUT2D eigenvalue weighted by atomic mass is 16.3. The van der Waals surface area contributed by atoms with Gasteiger partial charge in [0.15, 0.2) is 5.78 Å². The van der Waals surface area contributed by atoms with Crippen LogP contribution in [0.25, 0.3) is 0 Å². The van der Waals surface area contributed by atoms with Crippen molar-refractivity contribution >= 4 is 5.78 Å². The SMILES string of the molecule is CC(=O)[C@@H](O)c1ccccc1C. The van der Waals surface area contributed by atoms with E-state index in [1.807, 2.05) is 25.1 Å². The first-order chi connectivity index (χ1) is 5.63. The van der Waals surface area contributed by atoms with Crippen LogP contribution < -0.4 is 0 Å². The van der Waals surface area contributed by atoms with Gasteiger partial charge in [-0.3, -0.25) is 4.79 Å². The Kier molecular flexibility index (Phi) is 2.61. The van der Waals surface area contributed by atoms with Crippen LogP contribution in [-0.2, 0) is 4.79 Å². The fourth-order valence-electron chi connectivity index (χ4n) is 1.11. The van der Waals surface area contributed by atoms with E-state index in [0.29, 0.717) is 5.56 Å². The standard InChI is InChI=1S/C10H12O2/c1-7-5-3-4-6-9(7)10(12)8(2)11/h3-6,10,12H,1-2H3/t10-/m1/s1. The van der Waals surface area contributed by atoms with Crippen molar-refractivity contribution in [2.75, 3.05) is 0 Å². The number of hydrogen-bond acceptors (Lipinski definition) is 2. The molecule has 1 rings (SSSR count). The van der Waals surface area contributed by atoms with Gasteiger partial charge in [0.25, 0.3) is 0 Å². The highest BCUT2D eigenvalue weighted by molar-refractivity contribution is 5.81. The van der Waals surface area contributed by atoms with Gasteiger partial charge < -0.3 is 5.11 Å².